The molecule has 0 aliphatic carbocycles. The summed E-state index contributed by atoms with van der Waals surface area (Å²) in [5.41, 5.74) is 4.33. The molecule has 32 heavy (non-hydrogen) atoms. The predicted octanol–water partition coefficient (Wildman–Crippen LogP) is 5.77. The van der Waals surface area contributed by atoms with E-state index in [0.717, 1.165) is 16.1 Å². The highest BCUT2D eigenvalue weighted by molar-refractivity contribution is 8.02. The Labute approximate surface area is 197 Å². The van der Waals surface area contributed by atoms with Crippen molar-refractivity contribution >= 4 is 34.7 Å². The molecule has 0 saturated carbocycles. The highest BCUT2D eigenvalue weighted by Crippen LogP contribution is 2.29. The van der Waals surface area contributed by atoms with Crippen LogP contribution in [-0.2, 0) is 17.1 Å². The van der Waals surface area contributed by atoms with Crippen molar-refractivity contribution in [3.05, 3.63) is 92.1 Å². The molecule has 5 nitrogen and oxygen atoms in total. The molecule has 0 saturated heterocycles. The van der Waals surface area contributed by atoms with Crippen molar-refractivity contribution in [1.82, 2.24) is 5.32 Å². The average Bonchev–Trinajstić information content (AvgIpc) is 3.31. The maximum Gasteiger partial charge on any atom is 0.264 e. The lowest BCUT2D eigenvalue weighted by Gasteiger charge is -2.15. The summed E-state index contributed by atoms with van der Waals surface area (Å²) >= 11 is 3.00. The number of carbonyl (C=O) groups is 1. The highest BCUT2D eigenvalue weighted by atomic mass is 32.2. The first-order valence-electron chi connectivity index (χ1n) is 10.0. The fourth-order valence-corrected chi connectivity index (χ4v) is 4.77. The van der Waals surface area contributed by atoms with Crippen LogP contribution in [0.5, 0.6) is 5.75 Å². The second-order valence-electron chi connectivity index (χ2n) is 7.15. The SMILES string of the molecule is COc1cccc(NC(SCc2ccc(C)cc2C)=C(C#N)C(=O)NCc2cccs2)c1. The molecule has 7 heteroatoms. The van der Waals surface area contributed by atoms with Crippen LogP contribution >= 0.6 is 23.1 Å². The zero-order valence-corrected chi connectivity index (χ0v) is 19.9. The third kappa shape index (κ3) is 6.39. The number of thiophene rings is 1. The van der Waals surface area contributed by atoms with Gasteiger partial charge in [0.25, 0.3) is 5.91 Å². The van der Waals surface area contributed by atoms with E-state index >= 15 is 0 Å². The lowest BCUT2D eigenvalue weighted by molar-refractivity contribution is -0.117. The summed E-state index contributed by atoms with van der Waals surface area (Å²) in [5, 5.41) is 18.4. The number of thioether (sulfide) groups is 1. The molecule has 1 amide bonds. The number of nitrogens with one attached hydrogen (secondary N) is 2. The third-order valence-electron chi connectivity index (χ3n) is 4.77. The van der Waals surface area contributed by atoms with Crippen LogP contribution in [-0.4, -0.2) is 13.0 Å². The van der Waals surface area contributed by atoms with Crippen LogP contribution in [0.3, 0.4) is 0 Å². The van der Waals surface area contributed by atoms with E-state index < -0.39 is 5.91 Å². The van der Waals surface area contributed by atoms with Crippen molar-refractivity contribution in [2.24, 2.45) is 0 Å². The van der Waals surface area contributed by atoms with E-state index in [1.165, 1.54) is 22.9 Å². The van der Waals surface area contributed by atoms with Crippen molar-refractivity contribution < 1.29 is 9.53 Å². The number of amides is 1. The van der Waals surface area contributed by atoms with Gasteiger partial charge in [-0.25, -0.2) is 0 Å². The Morgan fingerprint density at radius 3 is 2.69 bits per heavy atom. The van der Waals surface area contributed by atoms with E-state index in [-0.39, 0.29) is 5.57 Å². The Bertz CT molecular complexity index is 1150. The second kappa shape index (κ2) is 11.4. The quantitative estimate of drug-likeness (QED) is 0.311. The lowest BCUT2D eigenvalue weighted by atomic mass is 10.1. The van der Waals surface area contributed by atoms with Gasteiger partial charge in [0.15, 0.2) is 0 Å². The Morgan fingerprint density at radius 1 is 1.16 bits per heavy atom. The maximum atomic E-state index is 12.9. The normalized spacial score (nSPS) is 11.3. The predicted molar refractivity (Wildman–Crippen MR) is 133 cm³/mol. The molecule has 0 fully saturated rings. The number of rotatable bonds is 9. The minimum Gasteiger partial charge on any atom is -0.497 e. The molecule has 2 N–H and O–H groups in total. The van der Waals surface area contributed by atoms with Gasteiger partial charge >= 0.3 is 0 Å². The van der Waals surface area contributed by atoms with E-state index in [0.29, 0.717) is 23.1 Å². The van der Waals surface area contributed by atoms with E-state index in [1.807, 2.05) is 41.8 Å². The fourth-order valence-electron chi connectivity index (χ4n) is 3.03. The number of nitrogens with zero attached hydrogens (tertiary/aromatic N) is 1. The first-order chi connectivity index (χ1) is 15.5. The summed E-state index contributed by atoms with van der Waals surface area (Å²) in [7, 11) is 1.60. The van der Waals surface area contributed by atoms with Crippen LogP contribution in [0.4, 0.5) is 5.69 Å². The summed E-state index contributed by atoms with van der Waals surface area (Å²) in [5.74, 6) is 0.913. The molecule has 0 atom stereocenters. The number of anilines is 1. The molecule has 1 heterocycles. The number of ether oxygens (including phenoxy) is 1. The molecule has 0 unspecified atom stereocenters. The van der Waals surface area contributed by atoms with Gasteiger partial charge in [-0.2, -0.15) is 5.26 Å². The van der Waals surface area contributed by atoms with Crippen LogP contribution in [0.1, 0.15) is 21.6 Å². The first-order valence-corrected chi connectivity index (χ1v) is 11.9. The fraction of sp³-hybridized carbons (Fsp3) is 0.200. The molecule has 0 bridgehead atoms. The molecule has 1 aromatic heterocycles. The van der Waals surface area contributed by atoms with Crippen LogP contribution < -0.4 is 15.4 Å². The largest absolute Gasteiger partial charge is 0.497 e. The Morgan fingerprint density at radius 2 is 2.00 bits per heavy atom. The Kier molecular flexibility index (Phi) is 8.37. The number of methoxy groups -OCH3 is 1. The van der Waals surface area contributed by atoms with E-state index in [1.54, 1.807) is 18.4 Å². The highest BCUT2D eigenvalue weighted by Gasteiger charge is 2.17. The van der Waals surface area contributed by atoms with Gasteiger partial charge in [0.1, 0.15) is 17.4 Å². The second-order valence-corrected chi connectivity index (χ2v) is 9.17. The number of nitriles is 1. The molecule has 3 rings (SSSR count). The van der Waals surface area contributed by atoms with Gasteiger partial charge in [-0.15, -0.1) is 23.1 Å². The topological polar surface area (TPSA) is 74.1 Å². The van der Waals surface area contributed by atoms with Gasteiger partial charge in [0.05, 0.1) is 18.7 Å². The molecule has 0 spiro atoms. The summed E-state index contributed by atoms with van der Waals surface area (Å²) in [6.07, 6.45) is 0. The van der Waals surface area contributed by atoms with Crippen molar-refractivity contribution in [2.45, 2.75) is 26.1 Å². The van der Waals surface area contributed by atoms with Crippen molar-refractivity contribution in [3.8, 4) is 11.8 Å². The monoisotopic (exact) mass is 463 g/mol. The smallest absolute Gasteiger partial charge is 0.264 e. The number of benzene rings is 2. The maximum absolute atomic E-state index is 12.9. The molecule has 0 aliphatic rings. The number of hydrogen-bond acceptors (Lipinski definition) is 6. The van der Waals surface area contributed by atoms with Crippen LogP contribution in [0.25, 0.3) is 0 Å². The lowest BCUT2D eigenvalue weighted by Crippen LogP contribution is -2.25. The minimum absolute atomic E-state index is 0.0548. The van der Waals surface area contributed by atoms with Gasteiger partial charge in [-0.05, 0) is 48.6 Å². The van der Waals surface area contributed by atoms with Crippen molar-refractivity contribution in [2.75, 3.05) is 12.4 Å². The first kappa shape index (κ1) is 23.5. The third-order valence-corrected chi connectivity index (χ3v) is 6.69. The Balaban J connectivity index is 1.87. The van der Waals surface area contributed by atoms with Gasteiger partial charge < -0.3 is 15.4 Å². The molecular formula is C25H25N3O2S2. The molecule has 164 valence electrons. The number of aryl methyl sites for hydroxylation is 2. The van der Waals surface area contributed by atoms with Gasteiger partial charge in [0.2, 0.25) is 0 Å². The van der Waals surface area contributed by atoms with Crippen LogP contribution in [0, 0.1) is 25.2 Å². The molecule has 0 radical (unpaired) electrons. The summed E-state index contributed by atoms with van der Waals surface area (Å²) in [4.78, 5) is 13.9. The van der Waals surface area contributed by atoms with E-state index in [4.69, 9.17) is 4.74 Å². The number of carbonyl (C=O) groups excluding carboxylic acids is 1. The molecule has 2 aromatic carbocycles. The van der Waals surface area contributed by atoms with Gasteiger partial charge in [-0.1, -0.05) is 35.9 Å². The van der Waals surface area contributed by atoms with Crippen LogP contribution in [0.15, 0.2) is 70.6 Å². The zero-order chi connectivity index (χ0) is 22.9. The molecular weight excluding hydrogens is 438 g/mol. The summed E-state index contributed by atoms with van der Waals surface area (Å²) in [6, 6.07) is 19.7. The van der Waals surface area contributed by atoms with Crippen molar-refractivity contribution in [1.29, 1.82) is 5.26 Å². The average molecular weight is 464 g/mol. The molecule has 3 aromatic rings. The number of hydrogen-bond donors (Lipinski definition) is 2. The standard InChI is InChI=1S/C25H25N3O2S2/c1-17-9-10-19(18(2)12-17)16-32-25(28-20-6-4-7-21(13-20)30-3)23(14-26)24(29)27-15-22-8-5-11-31-22/h4-13,28H,15-16H2,1-3H3,(H,27,29). The summed E-state index contributed by atoms with van der Waals surface area (Å²) in [6.45, 7) is 4.52. The van der Waals surface area contributed by atoms with E-state index in [2.05, 4.69) is 48.7 Å². The van der Waals surface area contributed by atoms with Crippen molar-refractivity contribution in [3.63, 3.8) is 0 Å². The van der Waals surface area contributed by atoms with Gasteiger partial charge in [0, 0.05) is 22.4 Å². The Hall–Kier alpha value is -3.21. The van der Waals surface area contributed by atoms with Gasteiger partial charge in [-0.3, -0.25) is 4.79 Å². The minimum atomic E-state index is -0.403. The summed E-state index contributed by atoms with van der Waals surface area (Å²) < 4.78 is 5.30. The zero-order valence-electron chi connectivity index (χ0n) is 18.3. The van der Waals surface area contributed by atoms with Crippen LogP contribution in [0.2, 0.25) is 0 Å². The molecule has 0 aliphatic heterocycles. The van der Waals surface area contributed by atoms with E-state index in [9.17, 15) is 10.1 Å².